The third kappa shape index (κ3) is 6.30. The summed E-state index contributed by atoms with van der Waals surface area (Å²) in [5.74, 6) is 1.54. The predicted octanol–water partition coefficient (Wildman–Crippen LogP) is 6.94. The number of hydrogen-bond acceptors (Lipinski definition) is 5. The lowest BCUT2D eigenvalue weighted by Crippen LogP contribution is -2.09. The zero-order chi connectivity index (χ0) is 22.1. The van der Waals surface area contributed by atoms with Gasteiger partial charge in [-0.25, -0.2) is 4.98 Å². The highest BCUT2D eigenvalue weighted by Gasteiger charge is 2.14. The van der Waals surface area contributed by atoms with Crippen LogP contribution in [0.25, 0.3) is 5.57 Å². The third-order valence-corrected chi connectivity index (χ3v) is 5.10. The summed E-state index contributed by atoms with van der Waals surface area (Å²) >= 11 is 0.953. The standard InChI is InChI=1S/C25H25FN2O2S/c1-4-6-10-19(5-2)23-24(26)31-25(28-23)27-20-14-13-18(3)22(17-20)30-16-15-29-21-11-8-7-9-12-21/h4-14,17H,2,15-16H2,1,3H3,(H,27,28)/b6-4-,19-10+. The molecule has 4 nitrogen and oxygen atoms in total. The van der Waals surface area contributed by atoms with Crippen LogP contribution in [0.2, 0.25) is 0 Å². The molecule has 0 unspecified atom stereocenters. The van der Waals surface area contributed by atoms with E-state index in [0.29, 0.717) is 23.9 Å². The van der Waals surface area contributed by atoms with Gasteiger partial charge in [-0.3, -0.25) is 0 Å². The van der Waals surface area contributed by atoms with Crippen molar-refractivity contribution < 1.29 is 13.9 Å². The molecule has 1 N–H and O–H groups in total. The Morgan fingerprint density at radius 1 is 1.16 bits per heavy atom. The van der Waals surface area contributed by atoms with E-state index in [-0.39, 0.29) is 10.8 Å². The second-order valence-corrected chi connectivity index (χ2v) is 7.56. The van der Waals surface area contributed by atoms with Gasteiger partial charge in [-0.2, -0.15) is 4.39 Å². The first kappa shape index (κ1) is 22.3. The molecule has 3 aromatic rings. The van der Waals surface area contributed by atoms with Gasteiger partial charge in [-0.1, -0.05) is 66.5 Å². The lowest BCUT2D eigenvalue weighted by Gasteiger charge is -2.12. The summed E-state index contributed by atoms with van der Waals surface area (Å²) in [5, 5.41) is 3.26. The van der Waals surface area contributed by atoms with Crippen molar-refractivity contribution in [2.24, 2.45) is 0 Å². The lowest BCUT2D eigenvalue weighted by atomic mass is 10.2. The minimum atomic E-state index is -0.361. The van der Waals surface area contributed by atoms with E-state index in [1.807, 2.05) is 74.5 Å². The number of nitrogens with zero attached hydrogens (tertiary/aromatic N) is 1. The maximum Gasteiger partial charge on any atom is 0.206 e. The minimum Gasteiger partial charge on any atom is -0.490 e. The van der Waals surface area contributed by atoms with Crippen LogP contribution in [-0.2, 0) is 0 Å². The van der Waals surface area contributed by atoms with Crippen LogP contribution in [0.15, 0.2) is 79.4 Å². The normalized spacial score (nSPS) is 11.5. The fourth-order valence-corrected chi connectivity index (χ4v) is 3.50. The van der Waals surface area contributed by atoms with Crippen molar-refractivity contribution in [2.45, 2.75) is 13.8 Å². The van der Waals surface area contributed by atoms with Crippen LogP contribution < -0.4 is 14.8 Å². The van der Waals surface area contributed by atoms with Gasteiger partial charge in [0.15, 0.2) is 5.13 Å². The molecule has 0 amide bonds. The first-order chi connectivity index (χ1) is 15.1. The van der Waals surface area contributed by atoms with Gasteiger partial charge in [0.25, 0.3) is 0 Å². The number of halogens is 1. The number of aryl methyl sites for hydroxylation is 1. The Hall–Kier alpha value is -3.38. The van der Waals surface area contributed by atoms with Crippen LogP contribution in [-0.4, -0.2) is 18.2 Å². The number of anilines is 2. The minimum absolute atomic E-state index is 0.280. The monoisotopic (exact) mass is 436 g/mol. The average molecular weight is 437 g/mol. The summed E-state index contributed by atoms with van der Waals surface area (Å²) in [5.41, 5.74) is 2.68. The summed E-state index contributed by atoms with van der Waals surface area (Å²) in [6.07, 6.45) is 7.07. The van der Waals surface area contributed by atoms with Gasteiger partial charge in [0.1, 0.15) is 30.4 Å². The zero-order valence-corrected chi connectivity index (χ0v) is 18.4. The topological polar surface area (TPSA) is 43.4 Å². The first-order valence-corrected chi connectivity index (χ1v) is 10.7. The molecule has 2 aromatic carbocycles. The fourth-order valence-electron chi connectivity index (χ4n) is 2.76. The number of allylic oxidation sites excluding steroid dienone is 5. The molecular weight excluding hydrogens is 411 g/mol. The van der Waals surface area contributed by atoms with Gasteiger partial charge in [0.2, 0.25) is 5.13 Å². The molecule has 0 aliphatic heterocycles. The van der Waals surface area contributed by atoms with E-state index in [4.69, 9.17) is 9.47 Å². The van der Waals surface area contributed by atoms with E-state index in [9.17, 15) is 4.39 Å². The van der Waals surface area contributed by atoms with Gasteiger partial charge in [-0.05, 0) is 37.6 Å². The van der Waals surface area contributed by atoms with E-state index in [0.717, 1.165) is 34.1 Å². The summed E-state index contributed by atoms with van der Waals surface area (Å²) in [7, 11) is 0. The molecule has 0 aliphatic rings. The van der Waals surface area contributed by atoms with Crippen molar-refractivity contribution in [3.8, 4) is 11.5 Å². The maximum atomic E-state index is 14.4. The quantitative estimate of drug-likeness (QED) is 0.276. The van der Waals surface area contributed by atoms with Crippen LogP contribution in [0.5, 0.6) is 11.5 Å². The highest BCUT2D eigenvalue weighted by molar-refractivity contribution is 7.14. The number of para-hydroxylation sites is 1. The molecule has 1 heterocycles. The van der Waals surface area contributed by atoms with Gasteiger partial charge in [-0.15, -0.1) is 0 Å². The number of rotatable bonds is 10. The number of thiazole rings is 1. The molecule has 6 heteroatoms. The Kier molecular flexibility index (Phi) is 8.01. The van der Waals surface area contributed by atoms with Crippen LogP contribution in [0.4, 0.5) is 15.2 Å². The van der Waals surface area contributed by atoms with Gasteiger partial charge in [0.05, 0.1) is 0 Å². The van der Waals surface area contributed by atoms with E-state index in [2.05, 4.69) is 16.9 Å². The van der Waals surface area contributed by atoms with Gasteiger partial charge in [0, 0.05) is 17.3 Å². The maximum absolute atomic E-state index is 14.4. The molecule has 0 bridgehead atoms. The molecule has 160 valence electrons. The smallest absolute Gasteiger partial charge is 0.206 e. The molecule has 0 spiro atoms. The van der Waals surface area contributed by atoms with Crippen LogP contribution in [0, 0.1) is 12.1 Å². The Balaban J connectivity index is 1.65. The van der Waals surface area contributed by atoms with Gasteiger partial charge < -0.3 is 14.8 Å². The lowest BCUT2D eigenvalue weighted by molar-refractivity contribution is 0.216. The second-order valence-electron chi connectivity index (χ2n) is 6.61. The zero-order valence-electron chi connectivity index (χ0n) is 17.6. The van der Waals surface area contributed by atoms with Gasteiger partial charge >= 0.3 is 0 Å². The van der Waals surface area contributed by atoms with E-state index < -0.39 is 0 Å². The fraction of sp³-hybridized carbons (Fsp3) is 0.160. The van der Waals surface area contributed by atoms with Crippen LogP contribution in [0.3, 0.4) is 0 Å². The first-order valence-electron chi connectivity index (χ1n) is 9.91. The Bertz CT molecular complexity index is 1070. The van der Waals surface area contributed by atoms with E-state index >= 15 is 0 Å². The van der Waals surface area contributed by atoms with Crippen molar-refractivity contribution in [3.05, 3.63) is 95.8 Å². The molecular formula is C25H25FN2O2S. The molecule has 0 saturated carbocycles. The van der Waals surface area contributed by atoms with E-state index in [1.54, 1.807) is 12.2 Å². The third-order valence-electron chi connectivity index (χ3n) is 4.34. The molecule has 1 aromatic heterocycles. The highest BCUT2D eigenvalue weighted by Crippen LogP contribution is 2.31. The Morgan fingerprint density at radius 3 is 2.68 bits per heavy atom. The number of aromatic nitrogens is 1. The molecule has 0 saturated heterocycles. The molecule has 0 atom stereocenters. The number of nitrogens with one attached hydrogen (secondary N) is 1. The Labute approximate surface area is 186 Å². The molecule has 31 heavy (non-hydrogen) atoms. The Morgan fingerprint density at radius 2 is 1.94 bits per heavy atom. The second kappa shape index (κ2) is 11.1. The SMILES string of the molecule is C=C/C(=C\C=C/C)c1nc(Nc2ccc(C)c(OCCOc3ccccc3)c2)sc1F. The van der Waals surface area contributed by atoms with Crippen LogP contribution in [0.1, 0.15) is 18.2 Å². The highest BCUT2D eigenvalue weighted by atomic mass is 32.1. The molecule has 0 aliphatic carbocycles. The van der Waals surface area contributed by atoms with Crippen molar-refractivity contribution in [3.63, 3.8) is 0 Å². The summed E-state index contributed by atoms with van der Waals surface area (Å²) < 4.78 is 26.0. The number of benzene rings is 2. The summed E-state index contributed by atoms with van der Waals surface area (Å²) in [6.45, 7) is 8.46. The molecule has 0 fully saturated rings. The largest absolute Gasteiger partial charge is 0.490 e. The van der Waals surface area contributed by atoms with Crippen molar-refractivity contribution in [1.82, 2.24) is 4.98 Å². The van der Waals surface area contributed by atoms with E-state index in [1.165, 1.54) is 0 Å². The van der Waals surface area contributed by atoms with Crippen LogP contribution >= 0.6 is 11.3 Å². The molecule has 0 radical (unpaired) electrons. The number of hydrogen-bond donors (Lipinski definition) is 1. The summed E-state index contributed by atoms with van der Waals surface area (Å²) in [4.78, 5) is 4.39. The van der Waals surface area contributed by atoms with Crippen molar-refractivity contribution in [2.75, 3.05) is 18.5 Å². The predicted molar refractivity (Wildman–Crippen MR) is 127 cm³/mol. The van der Waals surface area contributed by atoms with Crippen molar-refractivity contribution in [1.29, 1.82) is 0 Å². The summed E-state index contributed by atoms with van der Waals surface area (Å²) in [6, 6.07) is 15.3. The van der Waals surface area contributed by atoms with Crippen molar-refractivity contribution >= 4 is 27.7 Å². The number of ether oxygens (including phenoxy) is 2. The average Bonchev–Trinajstić information content (AvgIpc) is 3.14. The molecule has 3 rings (SSSR count).